The first-order valence-corrected chi connectivity index (χ1v) is 8.00. The van der Waals surface area contributed by atoms with Crippen LogP contribution in [0.3, 0.4) is 0 Å². The highest BCUT2D eigenvalue weighted by Gasteiger charge is 2.13. The summed E-state index contributed by atoms with van der Waals surface area (Å²) < 4.78 is 1.03. The number of rotatable bonds is 2. The van der Waals surface area contributed by atoms with Crippen LogP contribution in [0.1, 0.15) is 0 Å². The minimum Gasteiger partial charge on any atom is -0.509 e. The van der Waals surface area contributed by atoms with E-state index in [1.165, 1.54) is 0 Å². The molecule has 1 nitrogen and oxygen atoms in total. The van der Waals surface area contributed by atoms with Crippen LogP contribution in [0.5, 0.6) is 5.75 Å². The van der Waals surface area contributed by atoms with E-state index in [1.54, 1.807) is 0 Å². The van der Waals surface area contributed by atoms with Gasteiger partial charge < -0.3 is 5.11 Å². The van der Waals surface area contributed by atoms with Crippen LogP contribution in [0.2, 0.25) is 0 Å². The fraction of sp³-hybridized carbons (Fsp3) is 0. The molecule has 8 radical (unpaired) electrons. The molecule has 0 aliphatic heterocycles. The van der Waals surface area contributed by atoms with Gasteiger partial charge in [0.15, 0.2) is 0 Å². The van der Waals surface area contributed by atoms with E-state index in [2.05, 4.69) is 15.9 Å². The number of benzene rings is 3. The number of aromatic hydroxyl groups is 1. The average molecular weight is 364 g/mol. The molecule has 0 fully saturated rings. The summed E-state index contributed by atoms with van der Waals surface area (Å²) in [4.78, 5) is 0. The molecule has 0 aliphatic rings. The lowest BCUT2D eigenvalue weighted by molar-refractivity contribution is 0.484. The van der Waals surface area contributed by atoms with E-state index in [1.807, 2.05) is 48.5 Å². The lowest BCUT2D eigenvalue weighted by atomic mass is 9.65. The molecule has 3 aromatic carbocycles. The Balaban J connectivity index is 2.08. The molecule has 0 aliphatic carbocycles. The number of phenols is 1. The molecule has 24 heavy (non-hydrogen) atoms. The minimum absolute atomic E-state index is 0.0358. The van der Waals surface area contributed by atoms with E-state index in [9.17, 15) is 5.11 Å². The van der Waals surface area contributed by atoms with E-state index >= 15 is 0 Å². The molecule has 3 rings (SSSR count). The molecule has 3 aromatic rings. The van der Waals surface area contributed by atoms with Gasteiger partial charge >= 0.3 is 0 Å². The molecule has 0 heterocycles. The van der Waals surface area contributed by atoms with Crippen LogP contribution in [0.15, 0.2) is 53.0 Å². The van der Waals surface area contributed by atoms with Crippen LogP contribution < -0.4 is 21.9 Å². The van der Waals surface area contributed by atoms with Crippen LogP contribution >= 0.6 is 15.9 Å². The quantitative estimate of drug-likeness (QED) is 0.663. The molecule has 0 spiro atoms. The van der Waals surface area contributed by atoms with Gasteiger partial charge in [-0.3, -0.25) is 0 Å². The van der Waals surface area contributed by atoms with Crippen molar-refractivity contribution in [2.75, 3.05) is 0 Å². The first-order chi connectivity index (χ1) is 11.4. The summed E-state index contributed by atoms with van der Waals surface area (Å²) in [5.41, 5.74) is 3.97. The zero-order valence-electron chi connectivity index (χ0n) is 12.8. The molecular weight excluding hydrogens is 355 g/mol. The standard InChI is InChI=1S/C18H9B4BrO/c19-14-13(15(20)17(22)18(24)16(14)21)11-3-1-9(2-4-11)10-5-7-12(23)8-6-10/h1-8,24H. The molecule has 0 aromatic heterocycles. The van der Waals surface area contributed by atoms with Gasteiger partial charge in [-0.25, -0.2) is 0 Å². The second-order valence-electron chi connectivity index (χ2n) is 5.46. The number of hydrogen-bond donors (Lipinski definition) is 1. The molecule has 1 N–H and O–H groups in total. The van der Waals surface area contributed by atoms with E-state index in [0.717, 1.165) is 21.2 Å². The molecule has 0 saturated carbocycles. The monoisotopic (exact) mass is 364 g/mol. The SMILES string of the molecule is [B]c1c([B])c(-c2ccc(-c3ccc(Br)cc3)cc2)c([B])c([B])c1O. The lowest BCUT2D eigenvalue weighted by Crippen LogP contribution is -2.42. The Bertz CT molecular complexity index is 877. The first-order valence-electron chi connectivity index (χ1n) is 7.21. The largest absolute Gasteiger partial charge is 0.509 e. The predicted octanol–water partition coefficient (Wildman–Crippen LogP) is 0.664. The normalized spacial score (nSPS) is 10.7. The number of halogens is 1. The summed E-state index contributed by atoms with van der Waals surface area (Å²) >= 11 is 3.42. The van der Waals surface area contributed by atoms with Crippen LogP contribution in [0, 0.1) is 0 Å². The van der Waals surface area contributed by atoms with Gasteiger partial charge in [-0.2, -0.15) is 0 Å². The Labute approximate surface area is 155 Å². The molecule has 0 bridgehead atoms. The highest BCUT2D eigenvalue weighted by molar-refractivity contribution is 9.10. The molecule has 0 amide bonds. The van der Waals surface area contributed by atoms with Gasteiger partial charge in [0.25, 0.3) is 0 Å². The van der Waals surface area contributed by atoms with Gasteiger partial charge in [-0.15, -0.1) is 0 Å². The minimum atomic E-state index is -0.278. The highest BCUT2D eigenvalue weighted by atomic mass is 79.9. The molecule has 106 valence electrons. The first kappa shape index (κ1) is 17.0. The van der Waals surface area contributed by atoms with Gasteiger partial charge in [-0.05, 0) is 34.4 Å². The summed E-state index contributed by atoms with van der Waals surface area (Å²) in [6.45, 7) is 0. The van der Waals surface area contributed by atoms with E-state index in [4.69, 9.17) is 31.4 Å². The zero-order valence-corrected chi connectivity index (χ0v) is 14.3. The van der Waals surface area contributed by atoms with Gasteiger partial charge in [0.05, 0.1) is 5.75 Å². The Hall–Kier alpha value is -1.80. The van der Waals surface area contributed by atoms with Crippen molar-refractivity contribution in [2.24, 2.45) is 0 Å². The number of phenolic OH excluding ortho intramolecular Hbond substituents is 1. The maximum Gasteiger partial charge on any atom is 0.118 e. The Morgan fingerprint density at radius 2 is 0.958 bits per heavy atom. The van der Waals surface area contributed by atoms with E-state index < -0.39 is 0 Å². The summed E-state index contributed by atoms with van der Waals surface area (Å²) in [6, 6.07) is 15.8. The fourth-order valence-corrected chi connectivity index (χ4v) is 2.86. The Morgan fingerprint density at radius 3 is 1.42 bits per heavy atom. The Kier molecular flexibility index (Phi) is 4.69. The van der Waals surface area contributed by atoms with E-state index in [0.29, 0.717) is 5.56 Å². The maximum atomic E-state index is 9.84. The van der Waals surface area contributed by atoms with Gasteiger partial charge in [-0.1, -0.05) is 74.2 Å². The van der Waals surface area contributed by atoms with Crippen molar-refractivity contribution >= 4 is 69.2 Å². The van der Waals surface area contributed by atoms with Gasteiger partial charge in [0, 0.05) is 4.47 Å². The van der Waals surface area contributed by atoms with Crippen molar-refractivity contribution in [2.45, 2.75) is 0 Å². The molecular formula is C18H9B4BrO. The van der Waals surface area contributed by atoms with Crippen LogP contribution in [-0.2, 0) is 0 Å². The van der Waals surface area contributed by atoms with Gasteiger partial charge in [0.1, 0.15) is 31.4 Å². The van der Waals surface area contributed by atoms with E-state index in [-0.39, 0.29) is 27.6 Å². The second kappa shape index (κ2) is 6.60. The third kappa shape index (κ3) is 2.95. The van der Waals surface area contributed by atoms with Crippen LogP contribution in [-0.4, -0.2) is 36.5 Å². The second-order valence-corrected chi connectivity index (χ2v) is 6.38. The summed E-state index contributed by atoms with van der Waals surface area (Å²) in [7, 11) is 23.7. The van der Waals surface area contributed by atoms with Crippen molar-refractivity contribution in [1.82, 2.24) is 0 Å². The fourth-order valence-electron chi connectivity index (χ4n) is 2.60. The van der Waals surface area contributed by atoms with Crippen molar-refractivity contribution in [1.29, 1.82) is 0 Å². The topological polar surface area (TPSA) is 20.2 Å². The third-order valence-corrected chi connectivity index (χ3v) is 4.51. The average Bonchev–Trinajstić information content (AvgIpc) is 2.60. The lowest BCUT2D eigenvalue weighted by Gasteiger charge is -2.19. The van der Waals surface area contributed by atoms with Crippen LogP contribution in [0.25, 0.3) is 22.3 Å². The van der Waals surface area contributed by atoms with Crippen LogP contribution in [0.4, 0.5) is 0 Å². The van der Waals surface area contributed by atoms with Crippen molar-refractivity contribution in [3.63, 3.8) is 0 Å². The molecule has 0 atom stereocenters. The Morgan fingerprint density at radius 1 is 0.583 bits per heavy atom. The molecule has 0 saturated heterocycles. The van der Waals surface area contributed by atoms with Crippen molar-refractivity contribution < 1.29 is 5.11 Å². The smallest absolute Gasteiger partial charge is 0.118 e. The maximum absolute atomic E-state index is 9.84. The summed E-state index contributed by atoms with van der Waals surface area (Å²) in [5.74, 6) is -0.278. The predicted molar refractivity (Wildman–Crippen MR) is 108 cm³/mol. The molecule has 6 heteroatoms. The van der Waals surface area contributed by atoms with Crippen molar-refractivity contribution in [3.05, 3.63) is 53.0 Å². The summed E-state index contributed by atoms with van der Waals surface area (Å²) in [6.07, 6.45) is 0. The van der Waals surface area contributed by atoms with Crippen molar-refractivity contribution in [3.8, 4) is 28.0 Å². The molecule has 0 unspecified atom stereocenters. The highest BCUT2D eigenvalue weighted by Crippen LogP contribution is 2.24. The number of hydrogen-bond acceptors (Lipinski definition) is 1. The summed E-state index contributed by atoms with van der Waals surface area (Å²) in [5, 5.41) is 9.84. The van der Waals surface area contributed by atoms with Gasteiger partial charge in [0.2, 0.25) is 0 Å². The third-order valence-electron chi connectivity index (χ3n) is 3.98. The zero-order chi connectivity index (χ0) is 17.4.